The van der Waals surface area contributed by atoms with Crippen molar-refractivity contribution in [2.24, 2.45) is 0 Å². The molecule has 1 aromatic carbocycles. The fourth-order valence-electron chi connectivity index (χ4n) is 1.25. The monoisotopic (exact) mass is 305 g/mol. The summed E-state index contributed by atoms with van der Waals surface area (Å²) in [4.78, 5) is 0. The van der Waals surface area contributed by atoms with Gasteiger partial charge in [0.1, 0.15) is 10.7 Å². The molecule has 2 rings (SSSR count). The highest BCUT2D eigenvalue weighted by Gasteiger charge is 2.15. The normalized spacial score (nSPS) is 10.5. The lowest BCUT2D eigenvalue weighted by atomic mass is 10.1. The molecule has 0 saturated carbocycles. The van der Waals surface area contributed by atoms with Gasteiger partial charge in [0, 0.05) is 5.56 Å². The number of hydrogen-bond acceptors (Lipinski definition) is 3. The second-order valence-corrected chi connectivity index (χ2v) is 4.07. The van der Waals surface area contributed by atoms with E-state index in [1.165, 1.54) is 19.2 Å². The van der Waals surface area contributed by atoms with Crippen LogP contribution in [-0.4, -0.2) is 12.3 Å². The lowest BCUT2D eigenvalue weighted by Crippen LogP contribution is -1.88. The summed E-state index contributed by atoms with van der Waals surface area (Å²) >= 11 is 8.99. The number of nitrogens with zero attached hydrogens (tertiary/aromatic N) is 1. The summed E-state index contributed by atoms with van der Waals surface area (Å²) < 4.78 is 23.4. The van der Waals surface area contributed by atoms with Crippen LogP contribution in [0.5, 0.6) is 5.75 Å². The van der Waals surface area contributed by atoms with E-state index in [0.717, 1.165) is 0 Å². The van der Waals surface area contributed by atoms with Crippen molar-refractivity contribution < 1.29 is 13.7 Å². The SMILES string of the molecule is COc1ccc(-c2noc(Br)c2Cl)cc1F. The minimum absolute atomic E-state index is 0.169. The fraction of sp³-hybridized carbons (Fsp3) is 0.100. The highest BCUT2D eigenvalue weighted by atomic mass is 79.9. The molecular weight excluding hydrogens is 300 g/mol. The van der Waals surface area contributed by atoms with Gasteiger partial charge in [-0.1, -0.05) is 16.8 Å². The third-order valence-electron chi connectivity index (χ3n) is 2.02. The summed E-state index contributed by atoms with van der Waals surface area (Å²) in [6.07, 6.45) is 0. The van der Waals surface area contributed by atoms with Crippen LogP contribution in [-0.2, 0) is 0 Å². The van der Waals surface area contributed by atoms with Gasteiger partial charge in [-0.3, -0.25) is 0 Å². The van der Waals surface area contributed by atoms with Gasteiger partial charge in [-0.25, -0.2) is 4.39 Å². The van der Waals surface area contributed by atoms with Crippen molar-refractivity contribution in [1.29, 1.82) is 0 Å². The van der Waals surface area contributed by atoms with E-state index in [-0.39, 0.29) is 5.75 Å². The van der Waals surface area contributed by atoms with Crippen LogP contribution >= 0.6 is 27.5 Å². The lowest BCUT2D eigenvalue weighted by molar-refractivity contribution is 0.386. The van der Waals surface area contributed by atoms with Crippen LogP contribution in [0, 0.1) is 5.82 Å². The second-order valence-electron chi connectivity index (χ2n) is 2.97. The molecule has 0 fully saturated rings. The second kappa shape index (κ2) is 4.43. The molecule has 2 aromatic rings. The number of benzene rings is 1. The van der Waals surface area contributed by atoms with Crippen molar-refractivity contribution in [3.63, 3.8) is 0 Å². The standard InChI is InChI=1S/C10H6BrClFNO2/c1-15-7-3-2-5(4-6(7)13)9-8(12)10(11)16-14-9/h2-4H,1H3. The average molecular weight is 307 g/mol. The summed E-state index contributed by atoms with van der Waals surface area (Å²) in [5.41, 5.74) is 0.910. The van der Waals surface area contributed by atoms with Gasteiger partial charge in [-0.2, -0.15) is 0 Å². The average Bonchev–Trinajstić information content (AvgIpc) is 2.60. The van der Waals surface area contributed by atoms with Crippen LogP contribution < -0.4 is 4.74 Å². The van der Waals surface area contributed by atoms with Crippen LogP contribution in [0.1, 0.15) is 0 Å². The number of methoxy groups -OCH3 is 1. The van der Waals surface area contributed by atoms with Crippen molar-refractivity contribution in [3.05, 3.63) is 33.7 Å². The minimum atomic E-state index is -0.477. The Kier molecular flexibility index (Phi) is 3.16. The van der Waals surface area contributed by atoms with Crippen molar-refractivity contribution in [2.45, 2.75) is 0 Å². The Bertz CT molecular complexity index is 530. The Balaban J connectivity index is 2.49. The Morgan fingerprint density at radius 2 is 2.25 bits per heavy atom. The third-order valence-corrected chi connectivity index (χ3v) is 3.14. The lowest BCUT2D eigenvalue weighted by Gasteiger charge is -2.02. The van der Waals surface area contributed by atoms with Gasteiger partial charge in [0.2, 0.25) is 4.67 Å². The molecule has 6 heteroatoms. The van der Waals surface area contributed by atoms with E-state index < -0.39 is 5.82 Å². The zero-order valence-electron chi connectivity index (χ0n) is 8.13. The maximum Gasteiger partial charge on any atom is 0.221 e. The maximum absolute atomic E-state index is 13.4. The zero-order chi connectivity index (χ0) is 11.7. The first-order chi connectivity index (χ1) is 7.63. The van der Waals surface area contributed by atoms with E-state index in [0.29, 0.717) is 20.9 Å². The van der Waals surface area contributed by atoms with E-state index in [4.69, 9.17) is 20.9 Å². The Labute approximate surface area is 104 Å². The predicted octanol–water partition coefficient (Wildman–Crippen LogP) is 3.91. The highest BCUT2D eigenvalue weighted by Crippen LogP contribution is 2.34. The number of halogens is 3. The molecule has 84 valence electrons. The highest BCUT2D eigenvalue weighted by molar-refractivity contribution is 9.10. The van der Waals surface area contributed by atoms with Gasteiger partial charge in [0.25, 0.3) is 0 Å². The molecule has 0 bridgehead atoms. The molecule has 0 atom stereocenters. The Morgan fingerprint density at radius 1 is 1.50 bits per heavy atom. The first kappa shape index (κ1) is 11.4. The number of hydrogen-bond donors (Lipinski definition) is 0. The van der Waals surface area contributed by atoms with Gasteiger partial charge in [-0.15, -0.1) is 0 Å². The molecule has 0 aliphatic carbocycles. The molecule has 1 aromatic heterocycles. The van der Waals surface area contributed by atoms with Crippen molar-refractivity contribution in [3.8, 4) is 17.0 Å². The summed E-state index contributed by atoms with van der Waals surface area (Å²) in [6.45, 7) is 0. The van der Waals surface area contributed by atoms with Gasteiger partial charge in [-0.05, 0) is 34.1 Å². The van der Waals surface area contributed by atoms with Gasteiger partial charge in [0.05, 0.1) is 7.11 Å². The predicted molar refractivity (Wildman–Crippen MR) is 61.2 cm³/mol. The fourth-order valence-corrected chi connectivity index (χ4v) is 1.69. The van der Waals surface area contributed by atoms with Crippen LogP contribution in [0.15, 0.2) is 27.4 Å². The van der Waals surface area contributed by atoms with Gasteiger partial charge < -0.3 is 9.26 Å². The smallest absolute Gasteiger partial charge is 0.221 e. The molecule has 0 aliphatic heterocycles. The van der Waals surface area contributed by atoms with E-state index in [2.05, 4.69) is 21.1 Å². The maximum atomic E-state index is 13.4. The topological polar surface area (TPSA) is 35.3 Å². The van der Waals surface area contributed by atoms with Gasteiger partial charge >= 0.3 is 0 Å². The Hall–Kier alpha value is -1.07. The Morgan fingerprint density at radius 3 is 2.75 bits per heavy atom. The van der Waals surface area contributed by atoms with Crippen LogP contribution in [0.25, 0.3) is 11.3 Å². The molecule has 0 N–H and O–H groups in total. The molecule has 0 amide bonds. The number of aromatic nitrogens is 1. The third kappa shape index (κ3) is 1.92. The first-order valence-electron chi connectivity index (χ1n) is 4.28. The molecule has 1 heterocycles. The summed E-state index contributed by atoms with van der Waals surface area (Å²) in [5, 5.41) is 4.03. The number of rotatable bonds is 2. The van der Waals surface area contributed by atoms with Crippen molar-refractivity contribution in [2.75, 3.05) is 7.11 Å². The van der Waals surface area contributed by atoms with Gasteiger partial charge in [0.15, 0.2) is 11.6 Å². The number of ether oxygens (including phenoxy) is 1. The van der Waals surface area contributed by atoms with E-state index in [1.807, 2.05) is 0 Å². The largest absolute Gasteiger partial charge is 0.494 e. The van der Waals surface area contributed by atoms with Crippen molar-refractivity contribution >= 4 is 27.5 Å². The molecule has 0 saturated heterocycles. The quantitative estimate of drug-likeness (QED) is 0.844. The van der Waals surface area contributed by atoms with Crippen molar-refractivity contribution in [1.82, 2.24) is 5.16 Å². The van der Waals surface area contributed by atoms with E-state index >= 15 is 0 Å². The molecule has 0 spiro atoms. The van der Waals surface area contributed by atoms with E-state index in [9.17, 15) is 4.39 Å². The zero-order valence-corrected chi connectivity index (χ0v) is 10.5. The molecule has 3 nitrogen and oxygen atoms in total. The summed E-state index contributed by atoms with van der Waals surface area (Å²) in [6, 6.07) is 4.44. The van der Waals surface area contributed by atoms with Crippen LogP contribution in [0.3, 0.4) is 0 Å². The summed E-state index contributed by atoms with van der Waals surface area (Å²) in [7, 11) is 1.40. The van der Waals surface area contributed by atoms with Crippen LogP contribution in [0.2, 0.25) is 5.02 Å². The molecular formula is C10H6BrClFNO2. The molecule has 0 unspecified atom stereocenters. The van der Waals surface area contributed by atoms with Crippen LogP contribution in [0.4, 0.5) is 4.39 Å². The minimum Gasteiger partial charge on any atom is -0.494 e. The molecule has 0 aliphatic rings. The van der Waals surface area contributed by atoms with E-state index in [1.54, 1.807) is 6.07 Å². The first-order valence-corrected chi connectivity index (χ1v) is 5.45. The summed E-state index contributed by atoms with van der Waals surface area (Å²) in [5.74, 6) is -0.308. The molecule has 16 heavy (non-hydrogen) atoms. The molecule has 0 radical (unpaired) electrons.